The minimum Gasteiger partial charge on any atom is -0.492 e. The van der Waals surface area contributed by atoms with E-state index in [9.17, 15) is 0 Å². The molecule has 0 unspecified atom stereocenters. The molecule has 2 aromatic carbocycles. The minimum atomic E-state index is 0.185. The number of ether oxygens (including phenoxy) is 1. The molecule has 116 valence electrons. The number of fused-ring (bicyclic) bond motifs is 2. The third kappa shape index (κ3) is 2.38. The van der Waals surface area contributed by atoms with Gasteiger partial charge in [0.25, 0.3) is 0 Å². The number of hydrazine groups is 1. The van der Waals surface area contributed by atoms with Crippen molar-refractivity contribution in [3.05, 3.63) is 40.4 Å². The van der Waals surface area contributed by atoms with E-state index in [1.807, 2.05) is 18.2 Å². The van der Waals surface area contributed by atoms with Crippen LogP contribution in [-0.4, -0.2) is 16.6 Å². The minimum absolute atomic E-state index is 0.185. The SMILES string of the molecule is NNc1nc(N)nc2ccc(-c3cc(Br)cc4c3OCC4)cc12. The van der Waals surface area contributed by atoms with Crippen LogP contribution in [0.25, 0.3) is 22.0 Å². The summed E-state index contributed by atoms with van der Waals surface area (Å²) in [6.45, 7) is 0.710. The van der Waals surface area contributed by atoms with Gasteiger partial charge in [0.15, 0.2) is 5.82 Å². The molecule has 0 spiro atoms. The van der Waals surface area contributed by atoms with E-state index in [2.05, 4.69) is 43.5 Å². The van der Waals surface area contributed by atoms with Gasteiger partial charge in [0.05, 0.1) is 12.1 Å². The summed E-state index contributed by atoms with van der Waals surface area (Å²) >= 11 is 3.57. The van der Waals surface area contributed by atoms with Crippen molar-refractivity contribution in [2.45, 2.75) is 6.42 Å². The lowest BCUT2D eigenvalue weighted by Gasteiger charge is -2.11. The Labute approximate surface area is 141 Å². The highest BCUT2D eigenvalue weighted by molar-refractivity contribution is 9.10. The third-order valence-corrected chi connectivity index (χ3v) is 4.37. The number of hydrogen-bond donors (Lipinski definition) is 3. The van der Waals surface area contributed by atoms with E-state index in [0.717, 1.165) is 38.7 Å². The third-order valence-electron chi connectivity index (χ3n) is 3.91. The van der Waals surface area contributed by atoms with E-state index >= 15 is 0 Å². The fourth-order valence-electron chi connectivity index (χ4n) is 2.91. The Hall–Kier alpha value is -2.38. The number of halogens is 1. The first-order valence-corrected chi connectivity index (χ1v) is 7.94. The largest absolute Gasteiger partial charge is 0.492 e. The standard InChI is InChI=1S/C16H14BrN5O/c17-10-5-9-3-4-23-14(9)11(7-10)8-1-2-13-12(6-8)15(22-19)21-16(18)20-13/h1-2,5-7H,3-4,19H2,(H3,18,20,21,22). The van der Waals surface area contributed by atoms with Gasteiger partial charge in [0.2, 0.25) is 5.95 Å². The van der Waals surface area contributed by atoms with Crippen LogP contribution in [0.3, 0.4) is 0 Å². The number of nitrogens with two attached hydrogens (primary N) is 2. The van der Waals surface area contributed by atoms with Crippen LogP contribution >= 0.6 is 15.9 Å². The number of anilines is 2. The van der Waals surface area contributed by atoms with E-state index in [-0.39, 0.29) is 5.95 Å². The summed E-state index contributed by atoms with van der Waals surface area (Å²) in [7, 11) is 0. The van der Waals surface area contributed by atoms with Gasteiger partial charge in [-0.2, -0.15) is 4.98 Å². The Morgan fingerprint density at radius 1 is 1.17 bits per heavy atom. The van der Waals surface area contributed by atoms with Crippen LogP contribution in [0.5, 0.6) is 5.75 Å². The lowest BCUT2D eigenvalue weighted by Crippen LogP contribution is -2.11. The second-order valence-electron chi connectivity index (χ2n) is 5.35. The molecule has 7 heteroatoms. The lowest BCUT2D eigenvalue weighted by molar-refractivity contribution is 0.358. The van der Waals surface area contributed by atoms with Crippen LogP contribution in [0, 0.1) is 0 Å². The van der Waals surface area contributed by atoms with Crippen LogP contribution in [0.15, 0.2) is 34.8 Å². The van der Waals surface area contributed by atoms with Crippen molar-refractivity contribution in [1.82, 2.24) is 9.97 Å². The molecule has 0 atom stereocenters. The molecule has 1 aromatic heterocycles. The van der Waals surface area contributed by atoms with Crippen LogP contribution in [-0.2, 0) is 6.42 Å². The van der Waals surface area contributed by atoms with Gasteiger partial charge in [-0.1, -0.05) is 22.0 Å². The fourth-order valence-corrected chi connectivity index (χ4v) is 3.41. The van der Waals surface area contributed by atoms with Crippen molar-refractivity contribution in [2.24, 2.45) is 5.84 Å². The first-order chi connectivity index (χ1) is 11.2. The Kier molecular flexibility index (Phi) is 3.32. The maximum absolute atomic E-state index is 5.81. The molecule has 23 heavy (non-hydrogen) atoms. The fraction of sp³-hybridized carbons (Fsp3) is 0.125. The smallest absolute Gasteiger partial charge is 0.222 e. The van der Waals surface area contributed by atoms with Crippen LogP contribution in [0.2, 0.25) is 0 Å². The van der Waals surface area contributed by atoms with Gasteiger partial charge in [-0.05, 0) is 35.4 Å². The first-order valence-electron chi connectivity index (χ1n) is 7.15. The Morgan fingerprint density at radius 2 is 2.04 bits per heavy atom. The van der Waals surface area contributed by atoms with Gasteiger partial charge in [0, 0.05) is 21.8 Å². The molecule has 0 fully saturated rings. The molecule has 3 aromatic rings. The highest BCUT2D eigenvalue weighted by Crippen LogP contribution is 2.40. The highest BCUT2D eigenvalue weighted by Gasteiger charge is 2.19. The highest BCUT2D eigenvalue weighted by atomic mass is 79.9. The second kappa shape index (κ2) is 5.36. The molecule has 1 aliphatic rings. The van der Waals surface area contributed by atoms with Gasteiger partial charge in [-0.3, -0.25) is 0 Å². The van der Waals surface area contributed by atoms with Crippen molar-refractivity contribution in [3.8, 4) is 16.9 Å². The molecule has 0 bridgehead atoms. The summed E-state index contributed by atoms with van der Waals surface area (Å²) in [5.74, 6) is 7.18. The second-order valence-corrected chi connectivity index (χ2v) is 6.26. The Bertz CT molecular complexity index is 928. The number of hydrogen-bond acceptors (Lipinski definition) is 6. The topological polar surface area (TPSA) is 99.1 Å². The van der Waals surface area contributed by atoms with Gasteiger partial charge in [-0.15, -0.1) is 0 Å². The average Bonchev–Trinajstić information content (AvgIpc) is 3.01. The monoisotopic (exact) mass is 371 g/mol. The number of aromatic nitrogens is 2. The van der Waals surface area contributed by atoms with Gasteiger partial charge < -0.3 is 15.9 Å². The molecule has 0 saturated carbocycles. The van der Waals surface area contributed by atoms with E-state index in [1.165, 1.54) is 5.56 Å². The van der Waals surface area contributed by atoms with Crippen molar-refractivity contribution in [1.29, 1.82) is 0 Å². The summed E-state index contributed by atoms with van der Waals surface area (Å²) in [6.07, 6.45) is 0.921. The molecule has 0 aliphatic carbocycles. The summed E-state index contributed by atoms with van der Waals surface area (Å²) in [5.41, 5.74) is 12.3. The molecular formula is C16H14BrN5O. The zero-order valence-electron chi connectivity index (χ0n) is 12.1. The number of benzene rings is 2. The molecule has 4 rings (SSSR count). The van der Waals surface area contributed by atoms with E-state index in [1.54, 1.807) is 0 Å². The van der Waals surface area contributed by atoms with E-state index < -0.39 is 0 Å². The lowest BCUT2D eigenvalue weighted by atomic mass is 10.00. The number of nitrogens with one attached hydrogen (secondary N) is 1. The Morgan fingerprint density at radius 3 is 2.87 bits per heavy atom. The predicted molar refractivity (Wildman–Crippen MR) is 94.1 cm³/mol. The molecule has 6 nitrogen and oxygen atoms in total. The normalized spacial score (nSPS) is 13.0. The number of nitrogen functional groups attached to an aromatic ring is 2. The van der Waals surface area contributed by atoms with E-state index in [4.69, 9.17) is 16.3 Å². The number of nitrogens with zero attached hydrogens (tertiary/aromatic N) is 2. The van der Waals surface area contributed by atoms with Crippen molar-refractivity contribution < 1.29 is 4.74 Å². The average molecular weight is 372 g/mol. The molecular weight excluding hydrogens is 358 g/mol. The van der Waals surface area contributed by atoms with Crippen molar-refractivity contribution in [3.63, 3.8) is 0 Å². The van der Waals surface area contributed by atoms with E-state index in [0.29, 0.717) is 12.4 Å². The van der Waals surface area contributed by atoms with Crippen LogP contribution < -0.4 is 21.7 Å². The quantitative estimate of drug-likeness (QED) is 0.473. The number of rotatable bonds is 2. The molecule has 0 saturated heterocycles. The van der Waals surface area contributed by atoms with Gasteiger partial charge >= 0.3 is 0 Å². The van der Waals surface area contributed by atoms with Gasteiger partial charge in [-0.25, -0.2) is 10.8 Å². The first kappa shape index (κ1) is 14.2. The summed E-state index contributed by atoms with van der Waals surface area (Å²) in [4.78, 5) is 8.37. The zero-order valence-corrected chi connectivity index (χ0v) is 13.7. The molecule has 1 aliphatic heterocycles. The maximum Gasteiger partial charge on any atom is 0.222 e. The molecule has 5 N–H and O–H groups in total. The predicted octanol–water partition coefficient (Wildman–Crippen LogP) is 2.86. The molecule has 0 radical (unpaired) electrons. The van der Waals surface area contributed by atoms with Crippen LogP contribution in [0.1, 0.15) is 5.56 Å². The van der Waals surface area contributed by atoms with Gasteiger partial charge in [0.1, 0.15) is 5.75 Å². The molecule has 2 heterocycles. The summed E-state index contributed by atoms with van der Waals surface area (Å²) in [6, 6.07) is 10.1. The maximum atomic E-state index is 5.81. The summed E-state index contributed by atoms with van der Waals surface area (Å²) in [5, 5.41) is 0.811. The molecule has 0 amide bonds. The zero-order chi connectivity index (χ0) is 16.0. The summed E-state index contributed by atoms with van der Waals surface area (Å²) < 4.78 is 6.84. The van der Waals surface area contributed by atoms with Crippen LogP contribution in [0.4, 0.5) is 11.8 Å². The van der Waals surface area contributed by atoms with Crippen molar-refractivity contribution in [2.75, 3.05) is 17.8 Å². The van der Waals surface area contributed by atoms with Crippen molar-refractivity contribution >= 4 is 38.6 Å². The Balaban J connectivity index is 1.96.